The fourth-order valence-electron chi connectivity index (χ4n) is 2.33. The maximum absolute atomic E-state index is 12.4. The van der Waals surface area contributed by atoms with Gasteiger partial charge in [-0.15, -0.1) is 0 Å². The summed E-state index contributed by atoms with van der Waals surface area (Å²) >= 11 is 3.36. The summed E-state index contributed by atoms with van der Waals surface area (Å²) in [7, 11) is 1.68. The van der Waals surface area contributed by atoms with Gasteiger partial charge in [0.25, 0.3) is 5.91 Å². The molecule has 0 N–H and O–H groups in total. The number of rotatable bonds is 7. The number of nitrogens with zero attached hydrogens (tertiary/aromatic N) is 3. The number of halogens is 1. The molecule has 7 heteroatoms. The Balaban J connectivity index is 2.03. The van der Waals surface area contributed by atoms with E-state index >= 15 is 0 Å². The van der Waals surface area contributed by atoms with Gasteiger partial charge in [0.2, 0.25) is 0 Å². The Kier molecular flexibility index (Phi) is 7.22. The number of amides is 1. The van der Waals surface area contributed by atoms with Crippen LogP contribution in [0, 0.1) is 22.7 Å². The number of ether oxygens (including phenoxy) is 2. The van der Waals surface area contributed by atoms with Crippen LogP contribution in [-0.2, 0) is 11.3 Å². The van der Waals surface area contributed by atoms with E-state index in [1.54, 1.807) is 36.2 Å². The second-order valence-corrected chi connectivity index (χ2v) is 6.53. The van der Waals surface area contributed by atoms with Crippen molar-refractivity contribution in [3.05, 3.63) is 57.6 Å². The lowest BCUT2D eigenvalue weighted by Crippen LogP contribution is -2.31. The van der Waals surface area contributed by atoms with Gasteiger partial charge in [0.1, 0.15) is 0 Å². The normalized spacial score (nSPS) is 9.81. The van der Waals surface area contributed by atoms with Gasteiger partial charge >= 0.3 is 0 Å². The van der Waals surface area contributed by atoms with Crippen molar-refractivity contribution in [3.63, 3.8) is 0 Å². The van der Waals surface area contributed by atoms with Crippen molar-refractivity contribution in [2.45, 2.75) is 13.5 Å². The van der Waals surface area contributed by atoms with Gasteiger partial charge in [-0.05, 0) is 46.6 Å². The minimum atomic E-state index is -0.210. The van der Waals surface area contributed by atoms with Crippen molar-refractivity contribution in [3.8, 4) is 23.6 Å². The number of nitriles is 2. The smallest absolute Gasteiger partial charge is 0.260 e. The Morgan fingerprint density at radius 3 is 2.37 bits per heavy atom. The van der Waals surface area contributed by atoms with Crippen LogP contribution < -0.4 is 9.47 Å². The van der Waals surface area contributed by atoms with Gasteiger partial charge in [-0.3, -0.25) is 4.79 Å². The molecule has 2 rings (SSSR count). The molecule has 0 saturated carbocycles. The lowest BCUT2D eigenvalue weighted by Gasteiger charge is -2.19. The quantitative estimate of drug-likeness (QED) is 0.672. The third-order valence-electron chi connectivity index (χ3n) is 3.71. The Bertz CT molecular complexity index is 898. The van der Waals surface area contributed by atoms with E-state index in [9.17, 15) is 4.79 Å². The molecule has 2 aromatic carbocycles. The molecule has 0 fully saturated rings. The second-order valence-electron chi connectivity index (χ2n) is 5.68. The van der Waals surface area contributed by atoms with E-state index in [0.717, 1.165) is 5.56 Å². The SMILES string of the molecule is CCOc1cc(C#N)cc(Br)c1OCC(=O)N(C)Cc1ccc(C#N)cc1. The number of carbonyl (C=O) groups excluding carboxylic acids is 1. The van der Waals surface area contributed by atoms with Crippen molar-refractivity contribution in [1.82, 2.24) is 4.90 Å². The number of hydrogen-bond donors (Lipinski definition) is 0. The van der Waals surface area contributed by atoms with Crippen LogP contribution in [0.4, 0.5) is 0 Å². The van der Waals surface area contributed by atoms with Crippen LogP contribution in [0.2, 0.25) is 0 Å². The summed E-state index contributed by atoms with van der Waals surface area (Å²) in [5.74, 6) is 0.583. The molecule has 0 bridgehead atoms. The third-order valence-corrected chi connectivity index (χ3v) is 4.30. The molecule has 0 saturated heterocycles. The number of benzene rings is 2. The first-order chi connectivity index (χ1) is 13.0. The zero-order valence-corrected chi connectivity index (χ0v) is 16.6. The highest BCUT2D eigenvalue weighted by Gasteiger charge is 2.16. The van der Waals surface area contributed by atoms with Crippen LogP contribution in [0.15, 0.2) is 40.9 Å². The highest BCUT2D eigenvalue weighted by molar-refractivity contribution is 9.10. The predicted molar refractivity (Wildman–Crippen MR) is 103 cm³/mol. The van der Waals surface area contributed by atoms with Crippen molar-refractivity contribution >= 4 is 21.8 Å². The molecule has 0 unspecified atom stereocenters. The average molecular weight is 428 g/mol. The molecule has 0 heterocycles. The summed E-state index contributed by atoms with van der Waals surface area (Å²) in [6.45, 7) is 2.47. The fourth-order valence-corrected chi connectivity index (χ4v) is 2.88. The van der Waals surface area contributed by atoms with Crippen molar-refractivity contribution in [2.75, 3.05) is 20.3 Å². The van der Waals surface area contributed by atoms with Gasteiger partial charge in [0.05, 0.1) is 34.3 Å². The summed E-state index contributed by atoms with van der Waals surface area (Å²) in [6.07, 6.45) is 0. The number of carbonyl (C=O) groups is 1. The van der Waals surface area contributed by atoms with Crippen LogP contribution >= 0.6 is 15.9 Å². The standard InChI is InChI=1S/C20H18BrN3O3/c1-3-26-18-9-16(11-23)8-17(21)20(18)27-13-19(25)24(2)12-15-6-4-14(10-22)5-7-15/h4-9H,3,12-13H2,1-2H3. The van der Waals surface area contributed by atoms with Crippen molar-refractivity contribution in [1.29, 1.82) is 10.5 Å². The molecule has 0 atom stereocenters. The molecular formula is C20H18BrN3O3. The van der Waals surface area contributed by atoms with Gasteiger partial charge in [-0.1, -0.05) is 12.1 Å². The highest BCUT2D eigenvalue weighted by Crippen LogP contribution is 2.36. The summed E-state index contributed by atoms with van der Waals surface area (Å²) in [5.41, 5.74) is 1.92. The second kappa shape index (κ2) is 9.61. The molecule has 27 heavy (non-hydrogen) atoms. The monoisotopic (exact) mass is 427 g/mol. The van der Waals surface area contributed by atoms with Gasteiger partial charge < -0.3 is 14.4 Å². The number of likely N-dealkylation sites (N-methyl/N-ethyl adjacent to an activating group) is 1. The highest BCUT2D eigenvalue weighted by atomic mass is 79.9. The minimum absolute atomic E-state index is 0.169. The molecular weight excluding hydrogens is 410 g/mol. The molecule has 138 valence electrons. The average Bonchev–Trinajstić information content (AvgIpc) is 2.67. The molecule has 1 amide bonds. The first-order valence-electron chi connectivity index (χ1n) is 8.20. The first-order valence-corrected chi connectivity index (χ1v) is 9.00. The summed E-state index contributed by atoms with van der Waals surface area (Å²) in [4.78, 5) is 13.9. The zero-order valence-electron chi connectivity index (χ0n) is 15.0. The summed E-state index contributed by atoms with van der Waals surface area (Å²) in [6, 6.07) is 14.4. The molecule has 6 nitrogen and oxygen atoms in total. The third kappa shape index (κ3) is 5.47. The van der Waals surface area contributed by atoms with E-state index in [-0.39, 0.29) is 12.5 Å². The Labute approximate surface area is 166 Å². The Hall–Kier alpha value is -3.03. The van der Waals surface area contributed by atoms with Crippen LogP contribution in [-0.4, -0.2) is 31.1 Å². The van der Waals surface area contributed by atoms with Gasteiger partial charge in [-0.2, -0.15) is 10.5 Å². The van der Waals surface area contributed by atoms with Gasteiger partial charge in [-0.25, -0.2) is 0 Å². The van der Waals surface area contributed by atoms with E-state index < -0.39 is 0 Å². The number of hydrogen-bond acceptors (Lipinski definition) is 5. The van der Waals surface area contributed by atoms with Crippen molar-refractivity contribution < 1.29 is 14.3 Å². The Morgan fingerprint density at radius 2 is 1.78 bits per heavy atom. The molecule has 0 radical (unpaired) electrons. The fraction of sp³-hybridized carbons (Fsp3) is 0.250. The first kappa shape index (κ1) is 20.3. The maximum Gasteiger partial charge on any atom is 0.260 e. The molecule has 0 aromatic heterocycles. The molecule has 0 aliphatic rings. The van der Waals surface area contributed by atoms with E-state index in [1.165, 1.54) is 0 Å². The lowest BCUT2D eigenvalue weighted by atomic mass is 10.1. The van der Waals surface area contributed by atoms with Crippen LogP contribution in [0.25, 0.3) is 0 Å². The van der Waals surface area contributed by atoms with Gasteiger partial charge in [0, 0.05) is 19.7 Å². The summed E-state index contributed by atoms with van der Waals surface area (Å²) in [5, 5.41) is 17.9. The lowest BCUT2D eigenvalue weighted by molar-refractivity contribution is -0.132. The van der Waals surface area contributed by atoms with Gasteiger partial charge in [0.15, 0.2) is 18.1 Å². The minimum Gasteiger partial charge on any atom is -0.490 e. The van der Waals surface area contributed by atoms with Crippen LogP contribution in [0.1, 0.15) is 23.6 Å². The largest absolute Gasteiger partial charge is 0.490 e. The molecule has 0 spiro atoms. The van der Waals surface area contributed by atoms with Crippen LogP contribution in [0.5, 0.6) is 11.5 Å². The maximum atomic E-state index is 12.4. The van der Waals surface area contributed by atoms with E-state index in [2.05, 4.69) is 28.1 Å². The van der Waals surface area contributed by atoms with E-state index in [4.69, 9.17) is 20.0 Å². The molecule has 0 aliphatic heterocycles. The molecule has 2 aromatic rings. The molecule has 0 aliphatic carbocycles. The van der Waals surface area contributed by atoms with Crippen LogP contribution in [0.3, 0.4) is 0 Å². The zero-order chi connectivity index (χ0) is 19.8. The van der Waals surface area contributed by atoms with Crippen molar-refractivity contribution in [2.24, 2.45) is 0 Å². The predicted octanol–water partition coefficient (Wildman–Crippen LogP) is 3.63. The van der Waals surface area contributed by atoms with E-state index in [1.807, 2.05) is 19.1 Å². The summed E-state index contributed by atoms with van der Waals surface area (Å²) < 4.78 is 11.7. The van der Waals surface area contributed by atoms with E-state index in [0.29, 0.717) is 40.3 Å². The Morgan fingerprint density at radius 1 is 1.11 bits per heavy atom. The topological polar surface area (TPSA) is 86.3 Å².